The Bertz CT molecular complexity index is 804. The van der Waals surface area contributed by atoms with Crippen LogP contribution in [0.25, 0.3) is 0 Å². The van der Waals surface area contributed by atoms with Gasteiger partial charge in [-0.05, 0) is 24.3 Å². The van der Waals surface area contributed by atoms with Crippen LogP contribution in [-0.2, 0) is 9.53 Å². The number of carbonyl (C=O) groups is 3. The standard InChI is InChI=1S/C18H14FNO4S/c19-14-7-3-4-8-15(14)25-10-9-24-16(21)11-20-17(22)12-5-1-2-6-13(12)18(20)23/h1-8H,9-11H2. The van der Waals surface area contributed by atoms with E-state index in [1.165, 1.54) is 17.8 Å². The Morgan fingerprint density at radius 3 is 2.24 bits per heavy atom. The summed E-state index contributed by atoms with van der Waals surface area (Å²) in [6.45, 7) is -0.377. The molecule has 7 heteroatoms. The van der Waals surface area contributed by atoms with Crippen molar-refractivity contribution in [1.29, 1.82) is 0 Å². The smallest absolute Gasteiger partial charge is 0.326 e. The molecule has 0 unspecified atom stereocenters. The number of hydrogen-bond acceptors (Lipinski definition) is 5. The first-order valence-corrected chi connectivity index (χ1v) is 8.54. The largest absolute Gasteiger partial charge is 0.463 e. The minimum atomic E-state index is -0.677. The number of imide groups is 1. The summed E-state index contributed by atoms with van der Waals surface area (Å²) in [5.74, 6) is -1.64. The lowest BCUT2D eigenvalue weighted by Gasteiger charge is -2.13. The predicted octanol–water partition coefficient (Wildman–Crippen LogP) is 2.76. The van der Waals surface area contributed by atoms with E-state index in [4.69, 9.17) is 4.74 Å². The highest BCUT2D eigenvalue weighted by Crippen LogP contribution is 2.23. The molecule has 0 radical (unpaired) electrons. The van der Waals surface area contributed by atoms with Crippen molar-refractivity contribution in [1.82, 2.24) is 4.90 Å². The molecule has 0 aliphatic carbocycles. The first-order chi connectivity index (χ1) is 12.1. The third-order valence-corrected chi connectivity index (χ3v) is 4.62. The lowest BCUT2D eigenvalue weighted by Crippen LogP contribution is -2.35. The van der Waals surface area contributed by atoms with E-state index in [9.17, 15) is 18.8 Å². The van der Waals surface area contributed by atoms with Gasteiger partial charge in [-0.25, -0.2) is 4.39 Å². The van der Waals surface area contributed by atoms with Crippen molar-refractivity contribution in [3.63, 3.8) is 0 Å². The van der Waals surface area contributed by atoms with E-state index < -0.39 is 24.3 Å². The Morgan fingerprint density at radius 1 is 1.00 bits per heavy atom. The molecule has 0 aromatic heterocycles. The fraction of sp³-hybridized carbons (Fsp3) is 0.167. The number of hydrogen-bond donors (Lipinski definition) is 0. The van der Waals surface area contributed by atoms with Gasteiger partial charge in [0.2, 0.25) is 0 Å². The fourth-order valence-corrected chi connectivity index (χ4v) is 3.19. The highest BCUT2D eigenvalue weighted by Gasteiger charge is 2.36. The lowest BCUT2D eigenvalue weighted by molar-refractivity contribution is -0.143. The Labute approximate surface area is 147 Å². The Kier molecular flexibility index (Phi) is 5.14. The summed E-state index contributed by atoms with van der Waals surface area (Å²) in [5, 5.41) is 0. The second-order valence-corrected chi connectivity index (χ2v) is 6.38. The first-order valence-electron chi connectivity index (χ1n) is 7.56. The summed E-state index contributed by atoms with van der Waals surface area (Å²) in [6.07, 6.45) is 0. The average Bonchev–Trinajstić information content (AvgIpc) is 2.85. The molecule has 1 heterocycles. The van der Waals surface area contributed by atoms with Crippen molar-refractivity contribution in [2.24, 2.45) is 0 Å². The summed E-state index contributed by atoms with van der Waals surface area (Å²) in [7, 11) is 0. The van der Waals surface area contributed by atoms with Gasteiger partial charge in [-0.1, -0.05) is 24.3 Å². The van der Waals surface area contributed by atoms with Crippen LogP contribution in [0, 0.1) is 5.82 Å². The number of carbonyl (C=O) groups excluding carboxylic acids is 3. The van der Waals surface area contributed by atoms with E-state index in [1.54, 1.807) is 42.5 Å². The van der Waals surface area contributed by atoms with Crippen molar-refractivity contribution < 1.29 is 23.5 Å². The summed E-state index contributed by atoms with van der Waals surface area (Å²) >= 11 is 1.22. The molecule has 2 aromatic rings. The quantitative estimate of drug-likeness (QED) is 0.343. The molecule has 25 heavy (non-hydrogen) atoms. The molecular weight excluding hydrogens is 345 g/mol. The van der Waals surface area contributed by atoms with Gasteiger partial charge in [-0.3, -0.25) is 19.3 Å². The summed E-state index contributed by atoms with van der Waals surface area (Å²) in [5.41, 5.74) is 0.575. The first kappa shape index (κ1) is 17.2. The van der Waals surface area contributed by atoms with Gasteiger partial charge in [0.25, 0.3) is 11.8 Å². The van der Waals surface area contributed by atoms with Gasteiger partial charge in [-0.15, -0.1) is 11.8 Å². The van der Waals surface area contributed by atoms with Crippen molar-refractivity contribution in [3.8, 4) is 0 Å². The number of halogens is 1. The molecule has 0 bridgehead atoms. The van der Waals surface area contributed by atoms with E-state index in [2.05, 4.69) is 0 Å². The van der Waals surface area contributed by atoms with Crippen LogP contribution < -0.4 is 0 Å². The van der Waals surface area contributed by atoms with Crippen molar-refractivity contribution >= 4 is 29.5 Å². The number of nitrogens with zero attached hydrogens (tertiary/aromatic N) is 1. The Hall–Kier alpha value is -2.67. The molecule has 0 saturated heterocycles. The van der Waals surface area contributed by atoms with Crippen molar-refractivity contribution in [3.05, 3.63) is 65.5 Å². The van der Waals surface area contributed by atoms with Crippen molar-refractivity contribution in [2.75, 3.05) is 18.9 Å². The van der Waals surface area contributed by atoms with Crippen molar-refractivity contribution in [2.45, 2.75) is 4.90 Å². The second kappa shape index (κ2) is 7.48. The van der Waals surface area contributed by atoms with Crippen LogP contribution in [0.2, 0.25) is 0 Å². The van der Waals surface area contributed by atoms with Gasteiger partial charge in [0.15, 0.2) is 0 Å². The minimum absolute atomic E-state index is 0.0566. The Balaban J connectivity index is 1.48. The van der Waals surface area contributed by atoms with Crippen LogP contribution in [-0.4, -0.2) is 41.6 Å². The van der Waals surface area contributed by atoms with Gasteiger partial charge in [0, 0.05) is 10.6 Å². The maximum absolute atomic E-state index is 13.5. The number of thioether (sulfide) groups is 1. The number of amides is 2. The lowest BCUT2D eigenvalue weighted by atomic mass is 10.1. The molecule has 0 saturated carbocycles. The highest BCUT2D eigenvalue weighted by atomic mass is 32.2. The molecule has 1 aliphatic rings. The van der Waals surface area contributed by atoms with E-state index in [-0.39, 0.29) is 23.6 Å². The van der Waals surface area contributed by atoms with Gasteiger partial charge < -0.3 is 4.74 Å². The van der Waals surface area contributed by atoms with E-state index in [0.29, 0.717) is 10.6 Å². The molecule has 1 aliphatic heterocycles. The summed E-state index contributed by atoms with van der Waals surface area (Å²) in [4.78, 5) is 37.5. The van der Waals surface area contributed by atoms with Gasteiger partial charge in [0.05, 0.1) is 11.1 Å². The molecule has 128 valence electrons. The van der Waals surface area contributed by atoms with Gasteiger partial charge in [0.1, 0.15) is 19.0 Å². The van der Waals surface area contributed by atoms with E-state index in [1.807, 2.05) is 0 Å². The maximum Gasteiger partial charge on any atom is 0.326 e. The zero-order valence-corrected chi connectivity index (χ0v) is 13.9. The van der Waals surface area contributed by atoms with Crippen LogP contribution >= 0.6 is 11.8 Å². The van der Waals surface area contributed by atoms with Gasteiger partial charge in [-0.2, -0.15) is 0 Å². The van der Waals surface area contributed by atoms with E-state index >= 15 is 0 Å². The third-order valence-electron chi connectivity index (χ3n) is 3.61. The zero-order chi connectivity index (χ0) is 17.8. The Morgan fingerprint density at radius 2 is 1.60 bits per heavy atom. The van der Waals surface area contributed by atoms with E-state index in [0.717, 1.165) is 4.90 Å². The molecule has 2 amide bonds. The molecule has 5 nitrogen and oxygen atoms in total. The third kappa shape index (κ3) is 3.71. The fourth-order valence-electron chi connectivity index (χ4n) is 2.43. The molecule has 0 fully saturated rings. The molecule has 2 aromatic carbocycles. The predicted molar refractivity (Wildman–Crippen MR) is 89.9 cm³/mol. The monoisotopic (exact) mass is 359 g/mol. The number of benzene rings is 2. The van der Waals surface area contributed by atoms with Crippen LogP contribution in [0.3, 0.4) is 0 Å². The summed E-state index contributed by atoms with van der Waals surface area (Å²) < 4.78 is 18.5. The summed E-state index contributed by atoms with van der Waals surface area (Å²) in [6, 6.07) is 12.7. The normalized spacial score (nSPS) is 13.1. The van der Waals surface area contributed by atoms with Crippen LogP contribution in [0.15, 0.2) is 53.4 Å². The zero-order valence-electron chi connectivity index (χ0n) is 13.1. The number of fused-ring (bicyclic) bond motifs is 1. The molecule has 0 N–H and O–H groups in total. The van der Waals surface area contributed by atoms with Gasteiger partial charge >= 0.3 is 5.97 Å². The topological polar surface area (TPSA) is 63.7 Å². The minimum Gasteiger partial charge on any atom is -0.463 e. The average molecular weight is 359 g/mol. The molecule has 0 spiro atoms. The molecule has 3 rings (SSSR count). The van der Waals surface area contributed by atoms with Crippen LogP contribution in [0.1, 0.15) is 20.7 Å². The number of ether oxygens (including phenoxy) is 1. The highest BCUT2D eigenvalue weighted by molar-refractivity contribution is 7.99. The van der Waals surface area contributed by atoms with Crippen LogP contribution in [0.4, 0.5) is 4.39 Å². The number of rotatable bonds is 6. The second-order valence-electron chi connectivity index (χ2n) is 5.24. The maximum atomic E-state index is 13.5. The molecule has 0 atom stereocenters. The number of esters is 1. The SMILES string of the molecule is O=C(CN1C(=O)c2ccccc2C1=O)OCCSc1ccccc1F. The van der Waals surface area contributed by atoms with Crippen LogP contribution in [0.5, 0.6) is 0 Å². The molecular formula is C18H14FNO4S.